The number of nitriles is 1. The smallest absolute Gasteiger partial charge is 0.262 e. The van der Waals surface area contributed by atoms with Gasteiger partial charge in [0.15, 0.2) is 11.5 Å². The second-order valence-electron chi connectivity index (χ2n) is 7.49. The summed E-state index contributed by atoms with van der Waals surface area (Å²) in [5.74, 6) is 0.699. The highest BCUT2D eigenvalue weighted by Gasteiger charge is 2.15. The minimum absolute atomic E-state index is 0.0254. The molecule has 1 N–H and O–H groups in total. The van der Waals surface area contributed by atoms with Crippen LogP contribution in [0.5, 0.6) is 11.5 Å². The van der Waals surface area contributed by atoms with Gasteiger partial charge in [0.05, 0.1) is 11.1 Å². The van der Waals surface area contributed by atoms with E-state index in [-0.39, 0.29) is 11.6 Å². The standard InChI is InChI=1S/C26H25BrN2O3/c1-4-31-24-14-18(12-21(15-28)26(30)29-17(2)3)13-23(27)25(24)32-16-20-10-7-9-19-8-5-6-11-22(19)20/h5-14,17H,4,16H2,1-3H3,(H,29,30)/b21-12-. The quantitative estimate of drug-likeness (QED) is 0.308. The Morgan fingerprint density at radius 3 is 2.62 bits per heavy atom. The van der Waals surface area contributed by atoms with Crippen molar-refractivity contribution < 1.29 is 14.3 Å². The Hall–Kier alpha value is -3.30. The fraction of sp³-hybridized carbons (Fsp3) is 0.231. The first-order valence-electron chi connectivity index (χ1n) is 10.4. The molecule has 0 aromatic heterocycles. The summed E-state index contributed by atoms with van der Waals surface area (Å²) < 4.78 is 12.6. The van der Waals surface area contributed by atoms with Crippen molar-refractivity contribution in [2.45, 2.75) is 33.4 Å². The molecule has 0 radical (unpaired) electrons. The lowest BCUT2D eigenvalue weighted by atomic mass is 10.1. The van der Waals surface area contributed by atoms with Crippen LogP contribution in [0.1, 0.15) is 31.9 Å². The van der Waals surface area contributed by atoms with E-state index in [1.54, 1.807) is 18.2 Å². The van der Waals surface area contributed by atoms with Gasteiger partial charge in [-0.15, -0.1) is 0 Å². The first-order chi connectivity index (χ1) is 15.4. The Morgan fingerprint density at radius 2 is 1.91 bits per heavy atom. The zero-order chi connectivity index (χ0) is 23.1. The maximum atomic E-state index is 12.2. The molecular formula is C26H25BrN2O3. The Balaban J connectivity index is 1.91. The number of nitrogens with one attached hydrogen (secondary N) is 1. The van der Waals surface area contributed by atoms with Crippen LogP contribution < -0.4 is 14.8 Å². The number of nitrogens with zero attached hydrogens (tertiary/aromatic N) is 1. The molecule has 0 bridgehead atoms. The molecule has 0 aliphatic carbocycles. The van der Waals surface area contributed by atoms with Crippen molar-refractivity contribution in [2.75, 3.05) is 6.61 Å². The fourth-order valence-corrected chi connectivity index (χ4v) is 3.87. The van der Waals surface area contributed by atoms with Gasteiger partial charge in [0.1, 0.15) is 18.2 Å². The van der Waals surface area contributed by atoms with E-state index >= 15 is 0 Å². The molecule has 0 fully saturated rings. The molecule has 0 spiro atoms. The number of benzene rings is 3. The van der Waals surface area contributed by atoms with Crippen molar-refractivity contribution in [1.29, 1.82) is 5.26 Å². The van der Waals surface area contributed by atoms with Crippen LogP contribution in [0.15, 0.2) is 64.6 Å². The topological polar surface area (TPSA) is 71.3 Å². The van der Waals surface area contributed by atoms with Crippen molar-refractivity contribution in [3.63, 3.8) is 0 Å². The fourth-order valence-electron chi connectivity index (χ4n) is 3.30. The zero-order valence-electron chi connectivity index (χ0n) is 18.3. The summed E-state index contributed by atoms with van der Waals surface area (Å²) in [5, 5.41) is 14.4. The van der Waals surface area contributed by atoms with Crippen LogP contribution in [0.3, 0.4) is 0 Å². The highest BCUT2D eigenvalue weighted by molar-refractivity contribution is 9.10. The van der Waals surface area contributed by atoms with Gasteiger partial charge in [-0.05, 0) is 76.8 Å². The number of rotatable bonds is 8. The third-order valence-corrected chi connectivity index (χ3v) is 5.27. The average Bonchev–Trinajstić information content (AvgIpc) is 2.76. The first kappa shape index (κ1) is 23.4. The molecule has 3 aromatic rings. The number of fused-ring (bicyclic) bond motifs is 1. The molecule has 0 saturated heterocycles. The van der Waals surface area contributed by atoms with Crippen LogP contribution in [-0.4, -0.2) is 18.6 Å². The zero-order valence-corrected chi connectivity index (χ0v) is 19.9. The van der Waals surface area contributed by atoms with Gasteiger partial charge in [-0.3, -0.25) is 4.79 Å². The lowest BCUT2D eigenvalue weighted by Gasteiger charge is -2.16. The monoisotopic (exact) mass is 492 g/mol. The van der Waals surface area contributed by atoms with E-state index < -0.39 is 5.91 Å². The summed E-state index contributed by atoms with van der Waals surface area (Å²) in [6.45, 7) is 6.40. The number of hydrogen-bond donors (Lipinski definition) is 1. The number of carbonyl (C=O) groups excluding carboxylic acids is 1. The molecule has 3 rings (SSSR count). The molecular weight excluding hydrogens is 468 g/mol. The summed E-state index contributed by atoms with van der Waals surface area (Å²) >= 11 is 3.56. The predicted molar refractivity (Wildman–Crippen MR) is 130 cm³/mol. The molecule has 6 heteroatoms. The number of hydrogen-bond acceptors (Lipinski definition) is 4. The van der Waals surface area contributed by atoms with E-state index in [1.165, 1.54) is 0 Å². The van der Waals surface area contributed by atoms with Crippen LogP contribution >= 0.6 is 15.9 Å². The Kier molecular flexibility index (Phi) is 7.91. The number of carbonyl (C=O) groups is 1. The Labute approximate surface area is 196 Å². The van der Waals surface area contributed by atoms with Gasteiger partial charge in [0, 0.05) is 6.04 Å². The van der Waals surface area contributed by atoms with Gasteiger partial charge in [-0.25, -0.2) is 0 Å². The lowest BCUT2D eigenvalue weighted by Crippen LogP contribution is -2.30. The average molecular weight is 493 g/mol. The molecule has 0 aliphatic rings. The van der Waals surface area contributed by atoms with E-state index in [9.17, 15) is 10.1 Å². The van der Waals surface area contributed by atoms with Gasteiger partial charge in [0.2, 0.25) is 0 Å². The molecule has 5 nitrogen and oxygen atoms in total. The minimum atomic E-state index is -0.409. The van der Waals surface area contributed by atoms with E-state index in [0.717, 1.165) is 16.3 Å². The molecule has 0 saturated carbocycles. The molecule has 0 heterocycles. The normalized spacial score (nSPS) is 11.3. The largest absolute Gasteiger partial charge is 0.490 e. The number of halogens is 1. The number of ether oxygens (including phenoxy) is 2. The predicted octanol–water partition coefficient (Wildman–Crippen LogP) is 6.01. The summed E-state index contributed by atoms with van der Waals surface area (Å²) in [6, 6.07) is 19.8. The highest BCUT2D eigenvalue weighted by atomic mass is 79.9. The van der Waals surface area contributed by atoms with Crippen LogP contribution in [0.2, 0.25) is 0 Å². The van der Waals surface area contributed by atoms with Crippen molar-refractivity contribution >= 4 is 38.7 Å². The van der Waals surface area contributed by atoms with Gasteiger partial charge >= 0.3 is 0 Å². The van der Waals surface area contributed by atoms with Crippen LogP contribution in [0.4, 0.5) is 0 Å². The summed E-state index contributed by atoms with van der Waals surface area (Å²) in [5.41, 5.74) is 1.75. The first-order valence-corrected chi connectivity index (χ1v) is 11.2. The summed E-state index contributed by atoms with van der Waals surface area (Å²) in [4.78, 5) is 12.2. The highest BCUT2D eigenvalue weighted by Crippen LogP contribution is 2.38. The SMILES string of the molecule is CCOc1cc(/C=C(/C#N)C(=O)NC(C)C)cc(Br)c1OCc1cccc2ccccc12. The number of amides is 1. The van der Waals surface area contributed by atoms with Crippen LogP contribution in [-0.2, 0) is 11.4 Å². The van der Waals surface area contributed by atoms with Crippen molar-refractivity contribution in [1.82, 2.24) is 5.32 Å². The van der Waals surface area contributed by atoms with Crippen molar-refractivity contribution in [3.8, 4) is 17.6 Å². The van der Waals surface area contributed by atoms with Gasteiger partial charge in [-0.1, -0.05) is 42.5 Å². The second kappa shape index (κ2) is 10.8. The van der Waals surface area contributed by atoms with Gasteiger partial charge in [-0.2, -0.15) is 5.26 Å². The van der Waals surface area contributed by atoms with Crippen molar-refractivity contribution in [3.05, 3.63) is 75.8 Å². The van der Waals surface area contributed by atoms with Crippen LogP contribution in [0.25, 0.3) is 16.8 Å². The Morgan fingerprint density at radius 1 is 1.16 bits per heavy atom. The van der Waals surface area contributed by atoms with E-state index in [2.05, 4.69) is 39.4 Å². The third kappa shape index (κ3) is 5.68. The van der Waals surface area contributed by atoms with Crippen LogP contribution in [0, 0.1) is 11.3 Å². The lowest BCUT2D eigenvalue weighted by molar-refractivity contribution is -0.117. The maximum Gasteiger partial charge on any atom is 0.262 e. The molecule has 32 heavy (non-hydrogen) atoms. The minimum Gasteiger partial charge on any atom is -0.490 e. The van der Waals surface area contributed by atoms with Crippen molar-refractivity contribution in [2.24, 2.45) is 0 Å². The molecule has 0 atom stereocenters. The van der Waals surface area contributed by atoms with E-state index in [4.69, 9.17) is 9.47 Å². The third-order valence-electron chi connectivity index (χ3n) is 4.68. The molecule has 3 aromatic carbocycles. The molecule has 1 amide bonds. The second-order valence-corrected chi connectivity index (χ2v) is 8.34. The van der Waals surface area contributed by atoms with Gasteiger partial charge < -0.3 is 14.8 Å². The molecule has 164 valence electrons. The van der Waals surface area contributed by atoms with E-state index in [0.29, 0.717) is 34.7 Å². The maximum absolute atomic E-state index is 12.2. The molecule has 0 unspecified atom stereocenters. The summed E-state index contributed by atoms with van der Waals surface area (Å²) in [7, 11) is 0. The summed E-state index contributed by atoms with van der Waals surface area (Å²) in [6.07, 6.45) is 1.54. The van der Waals surface area contributed by atoms with E-state index in [1.807, 2.05) is 51.1 Å². The molecule has 0 aliphatic heterocycles. The van der Waals surface area contributed by atoms with Gasteiger partial charge in [0.25, 0.3) is 5.91 Å². The Bertz CT molecular complexity index is 1190.